The van der Waals surface area contributed by atoms with Gasteiger partial charge in [0.15, 0.2) is 11.5 Å². The van der Waals surface area contributed by atoms with E-state index in [1.807, 2.05) is 0 Å². The Bertz CT molecular complexity index is 1350. The van der Waals surface area contributed by atoms with Crippen LogP contribution in [0.3, 0.4) is 0 Å². The highest BCUT2D eigenvalue weighted by Gasteiger charge is 2.31. The number of alkyl halides is 3. The van der Waals surface area contributed by atoms with Crippen LogP contribution in [0.15, 0.2) is 53.1 Å². The second-order valence-corrected chi connectivity index (χ2v) is 7.46. The number of benzene rings is 2. The standard InChI is InChI=1S/C23H18F3N3O5/c1-31-18-9-13(10-19-20(18)34-8-7-33-19)21(30)28-22-27-16-11-14(23(24,25)26)4-5-17(16)29(22)12-15-3-2-6-32-15/h2-6,9-11H,7-8,12H2,1H3,(H,27,28,30). The van der Waals surface area contributed by atoms with Gasteiger partial charge in [-0.1, -0.05) is 0 Å². The summed E-state index contributed by atoms with van der Waals surface area (Å²) in [5.41, 5.74) is -0.151. The number of carbonyl (C=O) groups excluding carboxylic acids is 1. The fourth-order valence-corrected chi connectivity index (χ4v) is 3.70. The molecule has 0 saturated carbocycles. The largest absolute Gasteiger partial charge is 0.493 e. The van der Waals surface area contributed by atoms with E-state index in [-0.39, 0.29) is 23.6 Å². The number of aromatic nitrogens is 2. The third kappa shape index (κ3) is 4.00. The summed E-state index contributed by atoms with van der Waals surface area (Å²) in [7, 11) is 1.44. The minimum absolute atomic E-state index is 0.0598. The summed E-state index contributed by atoms with van der Waals surface area (Å²) in [6.07, 6.45) is -3.04. The van der Waals surface area contributed by atoms with Crippen LogP contribution in [0.5, 0.6) is 17.2 Å². The topological polar surface area (TPSA) is 87.8 Å². The molecule has 1 amide bonds. The van der Waals surface area contributed by atoms with Gasteiger partial charge in [-0.2, -0.15) is 13.2 Å². The van der Waals surface area contributed by atoms with E-state index in [0.29, 0.717) is 41.7 Å². The Morgan fingerprint density at radius 1 is 1.18 bits per heavy atom. The molecule has 5 rings (SSSR count). The molecule has 0 atom stereocenters. The maximum atomic E-state index is 13.2. The van der Waals surface area contributed by atoms with E-state index < -0.39 is 17.6 Å². The highest BCUT2D eigenvalue weighted by atomic mass is 19.4. The number of carbonyl (C=O) groups is 1. The zero-order chi connectivity index (χ0) is 23.9. The van der Waals surface area contributed by atoms with Crippen molar-refractivity contribution in [3.8, 4) is 17.2 Å². The monoisotopic (exact) mass is 473 g/mol. The summed E-state index contributed by atoms with van der Waals surface area (Å²) in [6.45, 7) is 0.822. The molecule has 3 heterocycles. The number of hydrogen-bond donors (Lipinski definition) is 1. The van der Waals surface area contributed by atoms with Gasteiger partial charge < -0.3 is 23.2 Å². The molecule has 8 nitrogen and oxygen atoms in total. The number of fused-ring (bicyclic) bond motifs is 2. The van der Waals surface area contributed by atoms with Crippen molar-refractivity contribution in [2.45, 2.75) is 12.7 Å². The molecule has 1 N–H and O–H groups in total. The minimum atomic E-state index is -4.52. The van der Waals surface area contributed by atoms with Gasteiger partial charge in [0.2, 0.25) is 11.7 Å². The van der Waals surface area contributed by atoms with Crippen molar-refractivity contribution in [3.63, 3.8) is 0 Å². The zero-order valence-corrected chi connectivity index (χ0v) is 17.8. The van der Waals surface area contributed by atoms with Gasteiger partial charge in [-0.05, 0) is 42.5 Å². The first kappa shape index (κ1) is 21.7. The van der Waals surface area contributed by atoms with Gasteiger partial charge in [-0.3, -0.25) is 10.1 Å². The fourth-order valence-electron chi connectivity index (χ4n) is 3.70. The third-order valence-corrected chi connectivity index (χ3v) is 5.29. The van der Waals surface area contributed by atoms with Gasteiger partial charge in [0.05, 0.1) is 36.5 Å². The van der Waals surface area contributed by atoms with Crippen LogP contribution in [0, 0.1) is 0 Å². The number of imidazole rings is 1. The number of furan rings is 1. The van der Waals surface area contributed by atoms with Crippen molar-refractivity contribution < 1.29 is 36.6 Å². The minimum Gasteiger partial charge on any atom is -0.493 e. The predicted octanol–water partition coefficient (Wildman–Crippen LogP) is 4.73. The van der Waals surface area contributed by atoms with Crippen molar-refractivity contribution in [2.75, 3.05) is 25.6 Å². The van der Waals surface area contributed by atoms with E-state index in [1.54, 1.807) is 16.7 Å². The van der Waals surface area contributed by atoms with Gasteiger partial charge in [-0.15, -0.1) is 0 Å². The normalized spacial score (nSPS) is 13.2. The van der Waals surface area contributed by atoms with E-state index in [1.165, 1.54) is 31.6 Å². The van der Waals surface area contributed by atoms with Crippen LogP contribution >= 0.6 is 0 Å². The number of ether oxygens (including phenoxy) is 3. The second-order valence-electron chi connectivity index (χ2n) is 7.46. The summed E-state index contributed by atoms with van der Waals surface area (Å²) in [5, 5.41) is 2.68. The van der Waals surface area contributed by atoms with Crippen molar-refractivity contribution in [2.24, 2.45) is 0 Å². The lowest BCUT2D eigenvalue weighted by Gasteiger charge is -2.21. The number of nitrogens with one attached hydrogen (secondary N) is 1. The zero-order valence-electron chi connectivity index (χ0n) is 17.8. The third-order valence-electron chi connectivity index (χ3n) is 5.29. The van der Waals surface area contributed by atoms with E-state index in [0.717, 1.165) is 12.1 Å². The van der Waals surface area contributed by atoms with Crippen LogP contribution in [0.25, 0.3) is 11.0 Å². The fraction of sp³-hybridized carbons (Fsp3) is 0.217. The van der Waals surface area contributed by atoms with Crippen LogP contribution in [-0.2, 0) is 12.7 Å². The van der Waals surface area contributed by atoms with Gasteiger partial charge in [0, 0.05) is 5.56 Å². The van der Waals surface area contributed by atoms with E-state index in [4.69, 9.17) is 18.6 Å². The SMILES string of the molecule is COc1cc(C(=O)Nc2nc3cc(C(F)(F)F)ccc3n2Cc2ccco2)cc2c1OCCO2. The van der Waals surface area contributed by atoms with E-state index in [9.17, 15) is 18.0 Å². The molecule has 0 bridgehead atoms. The summed E-state index contributed by atoms with van der Waals surface area (Å²) in [4.78, 5) is 17.4. The van der Waals surface area contributed by atoms with Gasteiger partial charge in [0.1, 0.15) is 19.0 Å². The lowest BCUT2D eigenvalue weighted by atomic mass is 10.1. The predicted molar refractivity (Wildman–Crippen MR) is 114 cm³/mol. The number of rotatable bonds is 5. The Kier molecular flexibility index (Phi) is 5.31. The average molecular weight is 473 g/mol. The highest BCUT2D eigenvalue weighted by molar-refractivity contribution is 6.05. The first-order valence-corrected chi connectivity index (χ1v) is 10.2. The van der Waals surface area contributed by atoms with Crippen molar-refractivity contribution in [1.82, 2.24) is 9.55 Å². The molecule has 0 saturated heterocycles. The molecular formula is C23H18F3N3O5. The summed E-state index contributed by atoms with van der Waals surface area (Å²) in [5.74, 6) is 1.12. The summed E-state index contributed by atoms with van der Waals surface area (Å²) in [6, 6.07) is 9.63. The maximum absolute atomic E-state index is 13.2. The molecule has 0 fully saturated rings. The number of nitrogens with zero attached hydrogens (tertiary/aromatic N) is 2. The maximum Gasteiger partial charge on any atom is 0.416 e. The number of halogens is 3. The van der Waals surface area contributed by atoms with Crippen LogP contribution in [-0.4, -0.2) is 35.8 Å². The average Bonchev–Trinajstić information content (AvgIpc) is 3.45. The Labute approximate surface area is 190 Å². The van der Waals surface area contributed by atoms with E-state index in [2.05, 4.69) is 10.3 Å². The Morgan fingerprint density at radius 3 is 2.74 bits per heavy atom. The molecule has 0 spiro atoms. The smallest absolute Gasteiger partial charge is 0.416 e. The molecule has 1 aliphatic rings. The number of hydrogen-bond acceptors (Lipinski definition) is 6. The summed E-state index contributed by atoms with van der Waals surface area (Å²) >= 11 is 0. The Hall–Kier alpha value is -4.15. The summed E-state index contributed by atoms with van der Waals surface area (Å²) < 4.78 is 63.0. The van der Waals surface area contributed by atoms with E-state index >= 15 is 0 Å². The first-order chi connectivity index (χ1) is 16.3. The number of amides is 1. The lowest BCUT2D eigenvalue weighted by Crippen LogP contribution is -2.19. The van der Waals surface area contributed by atoms with Gasteiger partial charge in [-0.25, -0.2) is 4.98 Å². The van der Waals surface area contributed by atoms with Crippen molar-refractivity contribution >= 4 is 22.9 Å². The van der Waals surface area contributed by atoms with Crippen LogP contribution in [0.4, 0.5) is 19.1 Å². The van der Waals surface area contributed by atoms with Crippen LogP contribution in [0.1, 0.15) is 21.7 Å². The Balaban J connectivity index is 1.54. The molecule has 2 aromatic heterocycles. The molecular weight excluding hydrogens is 455 g/mol. The van der Waals surface area contributed by atoms with Gasteiger partial charge in [0.25, 0.3) is 5.91 Å². The molecule has 0 aliphatic carbocycles. The second kappa shape index (κ2) is 8.32. The highest BCUT2D eigenvalue weighted by Crippen LogP contribution is 2.40. The molecule has 0 unspecified atom stereocenters. The van der Waals surface area contributed by atoms with Crippen molar-refractivity contribution in [1.29, 1.82) is 0 Å². The molecule has 11 heteroatoms. The molecule has 34 heavy (non-hydrogen) atoms. The molecule has 4 aromatic rings. The quantitative estimate of drug-likeness (QED) is 0.451. The number of methoxy groups -OCH3 is 1. The Morgan fingerprint density at radius 2 is 2.00 bits per heavy atom. The molecule has 176 valence electrons. The van der Waals surface area contributed by atoms with Crippen LogP contribution < -0.4 is 19.5 Å². The first-order valence-electron chi connectivity index (χ1n) is 10.2. The molecule has 0 radical (unpaired) electrons. The van der Waals surface area contributed by atoms with Crippen LogP contribution in [0.2, 0.25) is 0 Å². The van der Waals surface area contributed by atoms with Crippen molar-refractivity contribution in [3.05, 3.63) is 65.6 Å². The lowest BCUT2D eigenvalue weighted by molar-refractivity contribution is -0.137. The number of anilines is 1. The molecule has 1 aliphatic heterocycles. The van der Waals surface area contributed by atoms with Gasteiger partial charge >= 0.3 is 6.18 Å². The molecule has 2 aromatic carbocycles.